The topological polar surface area (TPSA) is 97.4 Å². The zero-order chi connectivity index (χ0) is 20.0. The van der Waals surface area contributed by atoms with E-state index in [1.165, 1.54) is 6.92 Å². The van der Waals surface area contributed by atoms with Crippen molar-refractivity contribution < 1.29 is 32.3 Å². The Morgan fingerprint density at radius 3 is 2.44 bits per heavy atom. The second-order valence-electron chi connectivity index (χ2n) is 5.24. The van der Waals surface area contributed by atoms with Crippen LogP contribution in [0.3, 0.4) is 0 Å². The molecule has 0 atom stereocenters. The smallest absolute Gasteiger partial charge is 0.416 e. The summed E-state index contributed by atoms with van der Waals surface area (Å²) in [4.78, 5) is 38.4. The van der Waals surface area contributed by atoms with Crippen LogP contribution in [0.2, 0.25) is 0 Å². The number of aromatic nitrogens is 1. The molecule has 0 spiro atoms. The van der Waals surface area contributed by atoms with Gasteiger partial charge in [0.25, 0.3) is 5.91 Å². The van der Waals surface area contributed by atoms with Crippen LogP contribution in [0.4, 0.5) is 18.3 Å². The van der Waals surface area contributed by atoms with Crippen molar-refractivity contribution in [3.05, 3.63) is 46.5 Å². The molecule has 2 amide bonds. The number of amides is 2. The first-order valence-corrected chi connectivity index (χ1v) is 8.36. The Morgan fingerprint density at radius 1 is 1.19 bits per heavy atom. The zero-order valence-electron chi connectivity index (χ0n) is 13.9. The lowest BCUT2D eigenvalue weighted by Gasteiger charge is -2.08. The number of carbonyl (C=O) groups excluding carboxylic acids is 3. The molecule has 1 heterocycles. The SMILES string of the molecule is CC(=O)Nc1nc(COC(=O)CNC(=O)c2ccc(C(F)(F)F)cc2)cs1. The van der Waals surface area contributed by atoms with E-state index in [1.54, 1.807) is 5.38 Å². The fourth-order valence-corrected chi connectivity index (χ4v) is 2.59. The second-order valence-corrected chi connectivity index (χ2v) is 6.10. The fraction of sp³-hybridized carbons (Fsp3) is 0.250. The number of halogens is 3. The summed E-state index contributed by atoms with van der Waals surface area (Å²) in [7, 11) is 0. The second kappa shape index (κ2) is 8.62. The molecule has 0 radical (unpaired) electrons. The van der Waals surface area contributed by atoms with Gasteiger partial charge in [-0.2, -0.15) is 13.2 Å². The van der Waals surface area contributed by atoms with Crippen molar-refractivity contribution >= 4 is 34.3 Å². The monoisotopic (exact) mass is 401 g/mol. The number of benzene rings is 1. The molecule has 144 valence electrons. The average molecular weight is 401 g/mol. The lowest BCUT2D eigenvalue weighted by molar-refractivity contribution is -0.143. The summed E-state index contributed by atoms with van der Waals surface area (Å²) in [5, 5.41) is 6.70. The van der Waals surface area contributed by atoms with Crippen molar-refractivity contribution in [2.75, 3.05) is 11.9 Å². The minimum atomic E-state index is -4.49. The van der Waals surface area contributed by atoms with Crippen LogP contribution in [-0.4, -0.2) is 29.3 Å². The van der Waals surface area contributed by atoms with Gasteiger partial charge in [-0.15, -0.1) is 11.3 Å². The van der Waals surface area contributed by atoms with Crippen molar-refractivity contribution in [2.24, 2.45) is 0 Å². The number of hydrogen-bond donors (Lipinski definition) is 2. The normalized spacial score (nSPS) is 11.0. The highest BCUT2D eigenvalue weighted by Crippen LogP contribution is 2.29. The van der Waals surface area contributed by atoms with Crippen molar-refractivity contribution in [1.82, 2.24) is 10.3 Å². The molecule has 1 aromatic carbocycles. The van der Waals surface area contributed by atoms with Crippen LogP contribution in [-0.2, 0) is 27.1 Å². The van der Waals surface area contributed by atoms with E-state index in [1.807, 2.05) is 0 Å². The lowest BCUT2D eigenvalue weighted by atomic mass is 10.1. The maximum atomic E-state index is 12.5. The van der Waals surface area contributed by atoms with Gasteiger partial charge in [-0.1, -0.05) is 0 Å². The number of thiazole rings is 1. The van der Waals surface area contributed by atoms with Crippen LogP contribution in [0.15, 0.2) is 29.6 Å². The van der Waals surface area contributed by atoms with Crippen LogP contribution in [0.25, 0.3) is 0 Å². The van der Waals surface area contributed by atoms with E-state index in [9.17, 15) is 27.6 Å². The molecule has 1 aromatic heterocycles. The highest BCUT2D eigenvalue weighted by molar-refractivity contribution is 7.13. The Balaban J connectivity index is 1.78. The average Bonchev–Trinajstić information content (AvgIpc) is 3.03. The maximum absolute atomic E-state index is 12.5. The summed E-state index contributed by atoms with van der Waals surface area (Å²) < 4.78 is 42.4. The molecule has 11 heteroatoms. The first-order valence-electron chi connectivity index (χ1n) is 7.48. The third kappa shape index (κ3) is 6.37. The summed E-state index contributed by atoms with van der Waals surface area (Å²) in [6, 6.07) is 3.59. The van der Waals surface area contributed by atoms with Crippen LogP contribution in [0, 0.1) is 0 Å². The summed E-state index contributed by atoms with van der Waals surface area (Å²) in [6.07, 6.45) is -4.49. The van der Waals surface area contributed by atoms with Gasteiger partial charge < -0.3 is 15.4 Å². The number of anilines is 1. The zero-order valence-corrected chi connectivity index (χ0v) is 14.7. The minimum absolute atomic E-state index is 0.0183. The number of nitrogens with zero attached hydrogens (tertiary/aromatic N) is 1. The Hall–Kier alpha value is -2.95. The summed E-state index contributed by atoms with van der Waals surface area (Å²) in [5.41, 5.74) is -0.471. The molecular weight excluding hydrogens is 387 g/mol. The Labute approximate surface area is 155 Å². The largest absolute Gasteiger partial charge is 0.458 e. The molecule has 2 N–H and O–H groups in total. The van der Waals surface area contributed by atoms with Gasteiger partial charge >= 0.3 is 12.1 Å². The van der Waals surface area contributed by atoms with Crippen molar-refractivity contribution in [1.29, 1.82) is 0 Å². The van der Waals surface area contributed by atoms with Gasteiger partial charge in [0.2, 0.25) is 5.91 Å². The van der Waals surface area contributed by atoms with E-state index in [0.717, 1.165) is 35.6 Å². The van der Waals surface area contributed by atoms with Gasteiger partial charge in [0.15, 0.2) is 5.13 Å². The predicted octanol–water partition coefficient (Wildman–Crippen LogP) is 2.59. The standard InChI is InChI=1S/C16H14F3N3O4S/c1-9(23)21-15-22-12(8-27-15)7-26-13(24)6-20-14(25)10-2-4-11(5-3-10)16(17,18)19/h2-5,8H,6-7H2,1H3,(H,20,25)(H,21,22,23). The summed E-state index contributed by atoms with van der Waals surface area (Å²) in [6.45, 7) is 0.730. The summed E-state index contributed by atoms with van der Waals surface area (Å²) >= 11 is 1.16. The number of alkyl halides is 3. The van der Waals surface area contributed by atoms with Crippen LogP contribution < -0.4 is 10.6 Å². The van der Waals surface area contributed by atoms with Crippen molar-refractivity contribution in [2.45, 2.75) is 19.7 Å². The molecular formula is C16H14F3N3O4S. The third-order valence-corrected chi connectivity index (χ3v) is 3.89. The minimum Gasteiger partial charge on any atom is -0.458 e. The number of esters is 1. The van der Waals surface area contributed by atoms with Gasteiger partial charge in [0.1, 0.15) is 13.2 Å². The predicted molar refractivity (Wildman–Crippen MR) is 90.0 cm³/mol. The molecule has 0 aliphatic heterocycles. The Morgan fingerprint density at radius 2 is 1.85 bits per heavy atom. The van der Waals surface area contributed by atoms with Crippen molar-refractivity contribution in [3.63, 3.8) is 0 Å². The lowest BCUT2D eigenvalue weighted by Crippen LogP contribution is -2.30. The molecule has 0 saturated heterocycles. The van der Waals surface area contributed by atoms with Gasteiger partial charge in [0.05, 0.1) is 11.3 Å². The van der Waals surface area contributed by atoms with Crippen molar-refractivity contribution in [3.8, 4) is 0 Å². The highest BCUT2D eigenvalue weighted by Gasteiger charge is 2.30. The summed E-state index contributed by atoms with van der Waals surface area (Å²) in [5.74, 6) is -1.73. The fourth-order valence-electron chi connectivity index (χ4n) is 1.85. The van der Waals surface area contributed by atoms with E-state index < -0.39 is 30.2 Å². The number of ether oxygens (including phenoxy) is 1. The Bertz CT molecular complexity index is 834. The van der Waals surface area contributed by atoms with Crippen LogP contribution >= 0.6 is 11.3 Å². The van der Waals surface area contributed by atoms with Gasteiger partial charge in [-0.05, 0) is 24.3 Å². The van der Waals surface area contributed by atoms with E-state index in [-0.39, 0.29) is 18.1 Å². The van der Waals surface area contributed by atoms with Gasteiger partial charge in [-0.25, -0.2) is 4.98 Å². The van der Waals surface area contributed by atoms with Crippen LogP contribution in [0.5, 0.6) is 0 Å². The molecule has 0 unspecified atom stereocenters. The number of carbonyl (C=O) groups is 3. The van der Waals surface area contributed by atoms with Crippen LogP contribution in [0.1, 0.15) is 28.5 Å². The highest BCUT2D eigenvalue weighted by atomic mass is 32.1. The first kappa shape index (κ1) is 20.4. The maximum Gasteiger partial charge on any atom is 0.416 e. The van der Waals surface area contributed by atoms with E-state index in [2.05, 4.69) is 15.6 Å². The third-order valence-electron chi connectivity index (χ3n) is 3.08. The van der Waals surface area contributed by atoms with E-state index in [0.29, 0.717) is 10.8 Å². The van der Waals surface area contributed by atoms with E-state index in [4.69, 9.17) is 4.74 Å². The van der Waals surface area contributed by atoms with Gasteiger partial charge in [-0.3, -0.25) is 14.4 Å². The molecule has 0 aliphatic carbocycles. The molecule has 0 saturated carbocycles. The molecule has 0 aliphatic rings. The molecule has 27 heavy (non-hydrogen) atoms. The molecule has 0 bridgehead atoms. The molecule has 2 aromatic rings. The number of nitrogens with one attached hydrogen (secondary N) is 2. The quantitative estimate of drug-likeness (QED) is 0.726. The number of rotatable bonds is 6. The molecule has 7 nitrogen and oxygen atoms in total. The van der Waals surface area contributed by atoms with E-state index >= 15 is 0 Å². The molecule has 2 rings (SSSR count). The first-order chi connectivity index (χ1) is 12.6. The van der Waals surface area contributed by atoms with Gasteiger partial charge in [0, 0.05) is 17.9 Å². The number of hydrogen-bond acceptors (Lipinski definition) is 6. The molecule has 0 fully saturated rings. The Kier molecular flexibility index (Phi) is 6.50.